The average molecular weight is 399 g/mol. The predicted octanol–water partition coefficient (Wildman–Crippen LogP) is 3.10. The highest BCUT2D eigenvalue weighted by molar-refractivity contribution is 6.34. The Hall–Kier alpha value is -2.37. The molecule has 2 heterocycles. The Labute approximate surface area is 170 Å². The van der Waals surface area contributed by atoms with Crippen molar-refractivity contribution in [2.75, 3.05) is 31.6 Å². The van der Waals surface area contributed by atoms with E-state index < -0.39 is 0 Å². The Balaban J connectivity index is 1.75. The molecule has 0 aliphatic carbocycles. The summed E-state index contributed by atoms with van der Waals surface area (Å²) in [4.78, 5) is 27.0. The molecule has 2 aliphatic rings. The van der Waals surface area contributed by atoms with E-state index in [0.29, 0.717) is 21.6 Å². The first-order chi connectivity index (χ1) is 13.3. The van der Waals surface area contributed by atoms with Gasteiger partial charge in [-0.05, 0) is 30.7 Å². The van der Waals surface area contributed by atoms with Gasteiger partial charge in [0.25, 0.3) is 11.8 Å². The van der Waals surface area contributed by atoms with E-state index in [4.69, 9.17) is 17.3 Å². The summed E-state index contributed by atoms with van der Waals surface area (Å²) in [6, 6.07) is 13.5. The van der Waals surface area contributed by atoms with Crippen LogP contribution < -0.4 is 10.6 Å². The number of hydrogen-bond donors (Lipinski definition) is 1. The summed E-state index contributed by atoms with van der Waals surface area (Å²) in [6.07, 6.45) is 0.818. The lowest BCUT2D eigenvalue weighted by atomic mass is 9.87. The van der Waals surface area contributed by atoms with Gasteiger partial charge in [0.15, 0.2) is 6.54 Å². The first-order valence-corrected chi connectivity index (χ1v) is 9.97. The minimum absolute atomic E-state index is 0.0609. The number of nitrogens with two attached hydrogens (primary N) is 1. The number of quaternary nitrogens is 1. The molecule has 1 fully saturated rings. The second kappa shape index (κ2) is 6.90. The number of piperidine rings is 1. The molecule has 1 saturated heterocycles. The van der Waals surface area contributed by atoms with E-state index in [-0.39, 0.29) is 23.8 Å². The lowest BCUT2D eigenvalue weighted by molar-refractivity contribution is -0.907. The van der Waals surface area contributed by atoms with Crippen LogP contribution >= 0.6 is 11.6 Å². The molecule has 28 heavy (non-hydrogen) atoms. The van der Waals surface area contributed by atoms with Gasteiger partial charge < -0.3 is 15.1 Å². The van der Waals surface area contributed by atoms with E-state index in [1.54, 1.807) is 12.1 Å². The predicted molar refractivity (Wildman–Crippen MR) is 111 cm³/mol. The molecular weight excluding hydrogens is 374 g/mol. The number of rotatable bonds is 3. The molecule has 2 amide bonds. The van der Waals surface area contributed by atoms with E-state index in [1.165, 1.54) is 11.1 Å². The Kier molecular flexibility index (Phi) is 4.68. The molecule has 4 rings (SSSR count). The number of carbonyl (C=O) groups excluding carboxylic acids is 2. The van der Waals surface area contributed by atoms with Gasteiger partial charge in [-0.1, -0.05) is 41.4 Å². The number of anilines is 1. The SMILES string of the molecule is Cc1ccc2c(c1)[C@@H]1C[N+](C)(CC(N)=O)CC[C@@H]1N2C(=O)c1ccccc1Cl. The van der Waals surface area contributed by atoms with E-state index in [9.17, 15) is 9.59 Å². The zero-order valence-electron chi connectivity index (χ0n) is 16.2. The molecule has 6 heteroatoms. The zero-order chi connectivity index (χ0) is 20.1. The number of halogens is 1. The summed E-state index contributed by atoms with van der Waals surface area (Å²) in [5.74, 6) is -0.166. The Bertz CT molecular complexity index is 961. The smallest absolute Gasteiger partial charge is 0.272 e. The molecule has 0 bridgehead atoms. The van der Waals surface area contributed by atoms with Crippen LogP contribution in [-0.2, 0) is 4.79 Å². The highest BCUT2D eigenvalue weighted by Gasteiger charge is 2.49. The summed E-state index contributed by atoms with van der Waals surface area (Å²) < 4.78 is 0.609. The Morgan fingerprint density at radius 3 is 2.71 bits per heavy atom. The van der Waals surface area contributed by atoms with Crippen molar-refractivity contribution < 1.29 is 14.1 Å². The molecule has 2 aromatic carbocycles. The summed E-state index contributed by atoms with van der Waals surface area (Å²) in [6.45, 7) is 3.98. The minimum Gasteiger partial charge on any atom is -0.365 e. The van der Waals surface area contributed by atoms with Crippen LogP contribution in [0.25, 0.3) is 0 Å². The minimum atomic E-state index is -0.285. The second-order valence-electron chi connectivity index (χ2n) is 8.33. The van der Waals surface area contributed by atoms with Crippen molar-refractivity contribution in [3.8, 4) is 0 Å². The summed E-state index contributed by atoms with van der Waals surface area (Å²) in [7, 11) is 2.08. The Morgan fingerprint density at radius 1 is 1.25 bits per heavy atom. The highest BCUT2D eigenvalue weighted by atomic mass is 35.5. The van der Waals surface area contributed by atoms with Crippen LogP contribution in [0.3, 0.4) is 0 Å². The molecule has 0 radical (unpaired) electrons. The molecule has 1 unspecified atom stereocenters. The molecule has 2 aromatic rings. The van der Waals surface area contributed by atoms with E-state index in [0.717, 1.165) is 25.2 Å². The number of aryl methyl sites for hydroxylation is 1. The number of hydrogen-bond acceptors (Lipinski definition) is 2. The topological polar surface area (TPSA) is 63.4 Å². The van der Waals surface area contributed by atoms with Gasteiger partial charge in [-0.25, -0.2) is 0 Å². The number of nitrogens with zero attached hydrogens (tertiary/aromatic N) is 2. The monoisotopic (exact) mass is 398 g/mol. The van der Waals surface area contributed by atoms with Crippen molar-refractivity contribution in [1.82, 2.24) is 0 Å². The standard InChI is InChI=1S/C22H24ClN3O2/c1-14-7-8-19-16(11-14)17-12-26(2,13-21(24)27)10-9-20(17)25(19)22(28)15-5-3-4-6-18(15)23/h3-8,11,17,20H,9-10,12-13H2,1-2H3,(H-,24,27)/p+1/t17-,20-,26?/m0/s1. The van der Waals surface area contributed by atoms with Crippen LogP contribution in [0.15, 0.2) is 42.5 Å². The fourth-order valence-corrected chi connectivity index (χ4v) is 5.08. The third kappa shape index (κ3) is 3.19. The molecule has 2 N–H and O–H groups in total. The molecule has 0 saturated carbocycles. The van der Waals surface area contributed by atoms with E-state index >= 15 is 0 Å². The number of likely N-dealkylation sites (tertiary alicyclic amines) is 1. The van der Waals surface area contributed by atoms with Crippen LogP contribution in [0, 0.1) is 6.92 Å². The van der Waals surface area contributed by atoms with Crippen LogP contribution in [0.1, 0.15) is 33.8 Å². The quantitative estimate of drug-likeness (QED) is 0.807. The second-order valence-corrected chi connectivity index (χ2v) is 8.74. The zero-order valence-corrected chi connectivity index (χ0v) is 16.9. The molecular formula is C22H25ClN3O2+. The van der Waals surface area contributed by atoms with Crippen molar-refractivity contribution >= 4 is 29.1 Å². The number of likely N-dealkylation sites (N-methyl/N-ethyl adjacent to an activating group) is 1. The lowest BCUT2D eigenvalue weighted by Gasteiger charge is -2.43. The summed E-state index contributed by atoms with van der Waals surface area (Å²) in [5.41, 5.74) is 9.33. The van der Waals surface area contributed by atoms with Crippen LogP contribution in [0.5, 0.6) is 0 Å². The third-order valence-corrected chi connectivity index (χ3v) is 6.43. The number of carbonyl (C=O) groups is 2. The molecule has 146 valence electrons. The third-order valence-electron chi connectivity index (χ3n) is 6.10. The number of benzene rings is 2. The maximum atomic E-state index is 13.5. The van der Waals surface area contributed by atoms with Crippen molar-refractivity contribution in [2.45, 2.75) is 25.3 Å². The van der Waals surface area contributed by atoms with Crippen molar-refractivity contribution in [1.29, 1.82) is 0 Å². The van der Waals surface area contributed by atoms with Crippen molar-refractivity contribution in [3.63, 3.8) is 0 Å². The molecule has 2 aliphatic heterocycles. The van der Waals surface area contributed by atoms with Gasteiger partial charge in [0.2, 0.25) is 0 Å². The largest absolute Gasteiger partial charge is 0.365 e. The van der Waals surface area contributed by atoms with Gasteiger partial charge >= 0.3 is 0 Å². The number of fused-ring (bicyclic) bond motifs is 3. The van der Waals surface area contributed by atoms with Crippen molar-refractivity contribution in [3.05, 3.63) is 64.2 Å². The molecule has 0 aromatic heterocycles. The number of amides is 2. The lowest BCUT2D eigenvalue weighted by Crippen LogP contribution is -2.59. The molecule has 5 nitrogen and oxygen atoms in total. The average Bonchev–Trinajstić information content (AvgIpc) is 2.93. The van der Waals surface area contributed by atoms with E-state index in [2.05, 4.69) is 20.0 Å². The summed E-state index contributed by atoms with van der Waals surface area (Å²) >= 11 is 6.33. The summed E-state index contributed by atoms with van der Waals surface area (Å²) in [5, 5.41) is 0.467. The van der Waals surface area contributed by atoms with Crippen molar-refractivity contribution in [2.24, 2.45) is 5.73 Å². The van der Waals surface area contributed by atoms with Gasteiger partial charge in [0.05, 0.1) is 42.7 Å². The van der Waals surface area contributed by atoms with Gasteiger partial charge in [0.1, 0.15) is 0 Å². The van der Waals surface area contributed by atoms with Crippen LogP contribution in [0.4, 0.5) is 5.69 Å². The molecule has 3 atom stereocenters. The van der Waals surface area contributed by atoms with Gasteiger partial charge in [-0.2, -0.15) is 0 Å². The fraction of sp³-hybridized carbons (Fsp3) is 0.364. The highest BCUT2D eigenvalue weighted by Crippen LogP contribution is 2.47. The van der Waals surface area contributed by atoms with Gasteiger partial charge in [-0.3, -0.25) is 9.59 Å². The first kappa shape index (κ1) is 19.0. The normalized spacial score (nSPS) is 25.9. The molecule has 0 spiro atoms. The Morgan fingerprint density at radius 2 is 2.00 bits per heavy atom. The maximum absolute atomic E-state index is 13.5. The van der Waals surface area contributed by atoms with Crippen LogP contribution in [0.2, 0.25) is 5.02 Å². The number of primary amides is 1. The first-order valence-electron chi connectivity index (χ1n) is 9.59. The van der Waals surface area contributed by atoms with Gasteiger partial charge in [-0.15, -0.1) is 0 Å². The van der Waals surface area contributed by atoms with Crippen LogP contribution in [-0.4, -0.2) is 49.0 Å². The maximum Gasteiger partial charge on any atom is 0.272 e. The van der Waals surface area contributed by atoms with Gasteiger partial charge in [0, 0.05) is 12.1 Å². The fourth-order valence-electron chi connectivity index (χ4n) is 4.86. The van der Waals surface area contributed by atoms with E-state index in [1.807, 2.05) is 29.2 Å².